The Kier molecular flexibility index (Phi) is 30.5. The number of benzene rings is 1. The van der Waals surface area contributed by atoms with Gasteiger partial charge in [-0.25, -0.2) is 0 Å². The number of aryl methyl sites for hydroxylation is 1. The average molecular weight is 1530 g/mol. The van der Waals surface area contributed by atoms with E-state index in [1.54, 1.807) is 24.9 Å². The van der Waals surface area contributed by atoms with Crippen molar-refractivity contribution < 1.29 is 91.9 Å². The molecule has 2 saturated carbocycles. The molecule has 4 heterocycles. The molecule has 4 saturated heterocycles. The molecule has 4 aliphatic heterocycles. The maximum atomic E-state index is 15.2. The fourth-order valence-electron chi connectivity index (χ4n) is 15.0. The third-order valence-corrected chi connectivity index (χ3v) is 25.3. The summed E-state index contributed by atoms with van der Waals surface area (Å²) in [6, 6.07) is -3.99. The summed E-state index contributed by atoms with van der Waals surface area (Å²) in [7, 11) is 10.2. The van der Waals surface area contributed by atoms with E-state index in [4.69, 9.17) is 0 Å². The molecule has 7 rings (SSSR count). The molecule has 6 fully saturated rings. The fourth-order valence-corrected chi connectivity index (χ4v) is 17.2. The zero-order chi connectivity index (χ0) is 74.2. The van der Waals surface area contributed by atoms with E-state index in [-0.39, 0.29) is 108 Å². The second kappa shape index (κ2) is 37.7. The number of amides is 12. The van der Waals surface area contributed by atoms with Gasteiger partial charge < -0.3 is 44.9 Å². The second-order valence-electron chi connectivity index (χ2n) is 29.8. The van der Waals surface area contributed by atoms with Crippen molar-refractivity contribution in [1.29, 1.82) is 0 Å². The number of likely N-dealkylation sites (tertiary alicyclic amines) is 1. The summed E-state index contributed by atoms with van der Waals surface area (Å²) in [5.41, 5.74) is 0.0365. The number of hydrogen-bond donors (Lipinski definition) is 3. The van der Waals surface area contributed by atoms with E-state index in [0.717, 1.165) is 73.7 Å². The fraction of sp³-hybridized carbons (Fsp3) is 0.753. The van der Waals surface area contributed by atoms with E-state index in [1.807, 2.05) is 20.8 Å². The molecule has 1 aromatic rings. The number of carbonyl (C=O) groups is 12. The molecule has 1 unspecified atom stereocenters. The molecule has 566 valence electrons. The quantitative estimate of drug-likeness (QED) is 0.201. The monoisotopic (exact) mass is 1530 g/mol. The van der Waals surface area contributed by atoms with E-state index in [1.165, 1.54) is 77.8 Å². The first kappa shape index (κ1) is 81.7. The van der Waals surface area contributed by atoms with Gasteiger partial charge in [-0.3, -0.25) is 47.9 Å². The number of likely N-dealkylation sites (N-methyl/N-ethyl adjacent to an activating group) is 7. The number of alkyl halides is 5. The van der Waals surface area contributed by atoms with Crippen molar-refractivity contribution in [2.75, 3.05) is 104 Å². The zero-order valence-corrected chi connectivity index (χ0v) is 63.7. The third-order valence-electron chi connectivity index (χ3n) is 21.9. The molecule has 24 nitrogen and oxygen atoms in total. The van der Waals surface area contributed by atoms with Gasteiger partial charge in [-0.15, -0.1) is 0 Å². The van der Waals surface area contributed by atoms with Crippen molar-refractivity contribution in [2.24, 2.45) is 23.7 Å². The van der Waals surface area contributed by atoms with Gasteiger partial charge in [0.2, 0.25) is 53.2 Å². The molecule has 6 aliphatic rings. The molecule has 12 amide bonds. The van der Waals surface area contributed by atoms with Gasteiger partial charge in [-0.05, 0) is 68.6 Å². The van der Waals surface area contributed by atoms with Crippen LogP contribution in [0.25, 0.3) is 0 Å². The van der Waals surface area contributed by atoms with Crippen LogP contribution in [0.3, 0.4) is 0 Å². The Bertz CT molecular complexity index is 3100. The van der Waals surface area contributed by atoms with Gasteiger partial charge in [0, 0.05) is 75.4 Å². The number of carbonyl (C=O) groups excluding carboxylic acids is 12. The van der Waals surface area contributed by atoms with Crippen LogP contribution in [0, 0.1) is 23.7 Å². The Morgan fingerprint density at radius 3 is 1.85 bits per heavy atom. The molecule has 1 aromatic carbocycles. The first-order chi connectivity index (χ1) is 47.8. The second-order valence-corrected chi connectivity index (χ2v) is 32.7. The molecule has 0 aromatic heterocycles. The van der Waals surface area contributed by atoms with E-state index < -0.39 is 151 Å². The van der Waals surface area contributed by atoms with Gasteiger partial charge >= 0.3 is 183 Å². The van der Waals surface area contributed by atoms with Crippen molar-refractivity contribution in [3.8, 4) is 0 Å². The van der Waals surface area contributed by atoms with Crippen molar-refractivity contribution in [1.82, 2.24) is 60.0 Å². The smallest absolute Gasteiger partial charge is 0.335 e. The molecule has 101 heavy (non-hydrogen) atoms. The molecule has 3 N–H and O–H groups in total. The Hall–Kier alpha value is -6.62. The zero-order valence-electron chi connectivity index (χ0n) is 61.5. The summed E-state index contributed by atoms with van der Waals surface area (Å²) in [5, 5.41) is 8.67. The van der Waals surface area contributed by atoms with E-state index >= 15 is 4.79 Å². The van der Waals surface area contributed by atoms with Gasteiger partial charge in [-0.2, -0.15) is 0 Å². The minimum absolute atomic E-state index is 0.00476. The summed E-state index contributed by atoms with van der Waals surface area (Å²) < 4.78 is 44.5. The molecule has 0 bridgehead atoms. The van der Waals surface area contributed by atoms with Gasteiger partial charge in [0.05, 0.1) is 19.5 Å². The molecular weight excluding hydrogens is 1420 g/mol. The molecule has 0 radical (unpaired) electrons. The normalized spacial score (nSPS) is 26.7. The summed E-state index contributed by atoms with van der Waals surface area (Å²) >= 11 is -0.188. The summed E-state index contributed by atoms with van der Waals surface area (Å²) in [5.74, 6) is -7.88. The number of nitrogens with one attached hydrogen (secondary N) is 3. The van der Waals surface area contributed by atoms with Crippen LogP contribution in [0.15, 0.2) is 18.2 Å². The molecule has 28 heteroatoms. The van der Waals surface area contributed by atoms with Crippen LogP contribution >= 0.6 is 0 Å². The van der Waals surface area contributed by atoms with Crippen LogP contribution in [0.2, 0.25) is 0 Å². The van der Waals surface area contributed by atoms with E-state index in [2.05, 4.69) is 16.0 Å². The predicted octanol–water partition coefficient (Wildman–Crippen LogP) is 2.03. The first-order valence-corrected chi connectivity index (χ1v) is 39.9. The number of halogens is 4. The third kappa shape index (κ3) is 21.7. The molecule has 0 spiro atoms. The van der Waals surface area contributed by atoms with Crippen LogP contribution in [-0.2, 0) is 70.1 Å². The number of nitrogens with zero attached hydrogens (tertiary/aromatic N) is 9. The SMILES string of the molecule is CC[C@H](C)C1NC(=O)[C@H](CC(C)C)N(C)C(=O)C[C@@H](C(=O)N2CCC2)N(C)C(=O)[C@H](C2CCCCC2)N(C)C(=O)CCCCNC(=O)[C@@H]2CCCN2C(=O)[C@H](CCc2ccc(C(F)(F)F)c(C3C[I-]C3)c2)NC(=O)CN(C)C(=O)[C@H](CC2CCCCC2)N(C)C(=O)CN(C)C(=O)CN(C)C1=O. The Morgan fingerprint density at radius 1 is 0.614 bits per heavy atom. The van der Waals surface area contributed by atoms with Crippen LogP contribution in [0.1, 0.15) is 185 Å². The number of fused-ring (bicyclic) bond motifs is 1. The van der Waals surface area contributed by atoms with Gasteiger partial charge in [-0.1, -0.05) is 85.5 Å². The van der Waals surface area contributed by atoms with Crippen molar-refractivity contribution in [3.05, 3.63) is 34.9 Å². The van der Waals surface area contributed by atoms with E-state index in [9.17, 15) is 65.9 Å². The minimum atomic E-state index is -4.58. The summed E-state index contributed by atoms with van der Waals surface area (Å²) in [6.07, 6.45) is 6.13. The van der Waals surface area contributed by atoms with Gasteiger partial charge in [0.15, 0.2) is 0 Å². The Morgan fingerprint density at radius 2 is 1.25 bits per heavy atom. The number of hydrogen-bond acceptors (Lipinski definition) is 12. The topological polar surface area (TPSA) is 270 Å². The molecule has 8 atom stereocenters. The summed E-state index contributed by atoms with van der Waals surface area (Å²) in [6.45, 7) is 6.88. The first-order valence-electron chi connectivity index (χ1n) is 36.8. The van der Waals surface area contributed by atoms with Crippen molar-refractivity contribution in [2.45, 2.75) is 223 Å². The van der Waals surface area contributed by atoms with Crippen LogP contribution in [0.4, 0.5) is 13.2 Å². The predicted molar refractivity (Wildman–Crippen MR) is 369 cm³/mol. The summed E-state index contributed by atoms with van der Waals surface area (Å²) in [4.78, 5) is 187. The molecule has 2 aliphatic carbocycles. The average Bonchev–Trinajstić information content (AvgIpc) is 1.33. The molecular formula is C73H113F3IN12O12-. The van der Waals surface area contributed by atoms with Crippen molar-refractivity contribution in [3.63, 3.8) is 0 Å². The van der Waals surface area contributed by atoms with Crippen LogP contribution in [-0.4, -0.2) is 261 Å². The van der Waals surface area contributed by atoms with Gasteiger partial charge in [0.25, 0.3) is 0 Å². The van der Waals surface area contributed by atoms with Crippen LogP contribution in [0.5, 0.6) is 0 Å². The Labute approximate surface area is 605 Å². The van der Waals surface area contributed by atoms with Crippen molar-refractivity contribution >= 4 is 70.9 Å². The van der Waals surface area contributed by atoms with Crippen LogP contribution < -0.4 is 37.2 Å². The standard InChI is InChI=1S/C73H113F3IN12O12/c1-12-47(4)64-71(100)83(7)44-62(93)81(5)45-63(94)85(9)57(39-48-23-15-13-16-24-48)69(98)82(6)43-59(90)79-54(32-30-49-29-31-53(73(74,75)76)52(38-49)51-41-77-42-51)68(97)89-36-21-27-55(89)66(95)78-33-20-19-28-60(91)87(11)65(50-25-17-14-18-26-50)72(101)86(10)58(70(99)88-34-22-35-88)40-61(92)84(8)56(37-46(2)3)67(96)80-64/h29,31,38,46-48,50-51,54-58,64-65H,12-28,30,32-37,39-45H2,1-11H3,(H,78,95)(H,79,90)(H,80,96)/q-1/t47-,54-,55-,56-,57-,58-,64?,65-/m0/s1. The minimum Gasteiger partial charge on any atom is -0.335 e. The number of rotatable bonds is 12. The van der Waals surface area contributed by atoms with E-state index in [0.29, 0.717) is 66.0 Å². The van der Waals surface area contributed by atoms with Gasteiger partial charge in [0.1, 0.15) is 30.2 Å². The maximum absolute atomic E-state index is 15.2. The Balaban J connectivity index is 1.19.